The highest BCUT2D eigenvalue weighted by Gasteiger charge is 2.12. The van der Waals surface area contributed by atoms with Gasteiger partial charge in [0.1, 0.15) is 23.0 Å². The number of oxime groups is 1. The van der Waals surface area contributed by atoms with Crippen LogP contribution in [0.25, 0.3) is 0 Å². The Bertz CT molecular complexity index is 594. The van der Waals surface area contributed by atoms with E-state index in [0.717, 1.165) is 6.07 Å². The molecule has 0 spiro atoms. The van der Waals surface area contributed by atoms with Gasteiger partial charge in [0, 0.05) is 17.2 Å². The summed E-state index contributed by atoms with van der Waals surface area (Å²) in [6, 6.07) is 9.18. The Labute approximate surface area is 102 Å². The molecule has 0 aromatic heterocycles. The molecular formula is C13H10FNO3. The van der Waals surface area contributed by atoms with E-state index < -0.39 is 5.82 Å². The molecule has 0 bridgehead atoms. The van der Waals surface area contributed by atoms with Crippen LogP contribution in [0.1, 0.15) is 11.1 Å². The van der Waals surface area contributed by atoms with Crippen molar-refractivity contribution in [2.45, 2.75) is 0 Å². The Balaban J connectivity index is 2.49. The topological polar surface area (TPSA) is 73.1 Å². The van der Waals surface area contributed by atoms with Crippen LogP contribution in [0.2, 0.25) is 0 Å². The van der Waals surface area contributed by atoms with Crippen LogP contribution >= 0.6 is 0 Å². The van der Waals surface area contributed by atoms with Gasteiger partial charge in [0.25, 0.3) is 0 Å². The van der Waals surface area contributed by atoms with E-state index in [1.54, 1.807) is 0 Å². The third kappa shape index (κ3) is 2.24. The molecule has 2 aromatic rings. The molecule has 0 heterocycles. The van der Waals surface area contributed by atoms with E-state index in [4.69, 9.17) is 5.21 Å². The fourth-order valence-electron chi connectivity index (χ4n) is 1.60. The Morgan fingerprint density at radius 2 is 1.67 bits per heavy atom. The highest BCUT2D eigenvalue weighted by Crippen LogP contribution is 2.25. The fraction of sp³-hybridized carbons (Fsp3) is 0. The van der Waals surface area contributed by atoms with Gasteiger partial charge in [-0.2, -0.15) is 0 Å². The molecule has 0 radical (unpaired) electrons. The maximum atomic E-state index is 12.8. The van der Waals surface area contributed by atoms with Gasteiger partial charge in [-0.05, 0) is 36.4 Å². The minimum absolute atomic E-state index is 0.0903. The molecule has 0 fully saturated rings. The number of hydrogen-bond donors (Lipinski definition) is 3. The highest BCUT2D eigenvalue weighted by atomic mass is 19.1. The predicted molar refractivity (Wildman–Crippen MR) is 63.6 cm³/mol. The second-order valence-corrected chi connectivity index (χ2v) is 3.66. The van der Waals surface area contributed by atoms with Crippen LogP contribution in [0, 0.1) is 5.82 Å². The van der Waals surface area contributed by atoms with Crippen molar-refractivity contribution in [2.24, 2.45) is 5.16 Å². The van der Waals surface area contributed by atoms with Crippen LogP contribution < -0.4 is 0 Å². The van der Waals surface area contributed by atoms with Crippen molar-refractivity contribution in [2.75, 3.05) is 0 Å². The third-order valence-electron chi connectivity index (χ3n) is 2.45. The van der Waals surface area contributed by atoms with Crippen LogP contribution in [0.4, 0.5) is 4.39 Å². The van der Waals surface area contributed by atoms with Crippen molar-refractivity contribution in [1.82, 2.24) is 0 Å². The molecular weight excluding hydrogens is 237 g/mol. The first kappa shape index (κ1) is 11.9. The average molecular weight is 247 g/mol. The number of halogens is 1. The van der Waals surface area contributed by atoms with Crippen molar-refractivity contribution in [3.8, 4) is 11.5 Å². The van der Waals surface area contributed by atoms with Crippen molar-refractivity contribution < 1.29 is 19.8 Å². The van der Waals surface area contributed by atoms with Gasteiger partial charge in [0.15, 0.2) is 0 Å². The van der Waals surface area contributed by atoms with Gasteiger partial charge in [-0.3, -0.25) is 0 Å². The van der Waals surface area contributed by atoms with Gasteiger partial charge >= 0.3 is 0 Å². The van der Waals surface area contributed by atoms with Gasteiger partial charge < -0.3 is 15.4 Å². The second-order valence-electron chi connectivity index (χ2n) is 3.66. The van der Waals surface area contributed by atoms with E-state index in [1.165, 1.54) is 36.4 Å². The minimum atomic E-state index is -0.411. The zero-order valence-corrected chi connectivity index (χ0v) is 9.21. The van der Waals surface area contributed by atoms with Gasteiger partial charge in [-0.15, -0.1) is 0 Å². The number of benzene rings is 2. The summed E-state index contributed by atoms with van der Waals surface area (Å²) in [7, 11) is 0. The summed E-state index contributed by atoms with van der Waals surface area (Å²) in [5.41, 5.74) is 0.772. The van der Waals surface area contributed by atoms with E-state index in [-0.39, 0.29) is 22.8 Å². The van der Waals surface area contributed by atoms with Crippen molar-refractivity contribution in [1.29, 1.82) is 0 Å². The first-order valence-corrected chi connectivity index (χ1v) is 5.12. The Kier molecular flexibility index (Phi) is 3.14. The first-order chi connectivity index (χ1) is 8.61. The van der Waals surface area contributed by atoms with Crippen molar-refractivity contribution >= 4 is 5.71 Å². The standard InChI is InChI=1S/C13H10FNO3/c14-9-3-1-8(2-4-9)13(15-18)11-6-5-10(16)7-12(11)17/h1-7,16-18H/b15-13+. The number of rotatable bonds is 2. The third-order valence-corrected chi connectivity index (χ3v) is 2.45. The lowest BCUT2D eigenvalue weighted by Gasteiger charge is -2.07. The first-order valence-electron chi connectivity index (χ1n) is 5.12. The summed E-state index contributed by atoms with van der Waals surface area (Å²) in [4.78, 5) is 0. The summed E-state index contributed by atoms with van der Waals surface area (Å²) >= 11 is 0. The SMILES string of the molecule is O/N=C(\c1ccc(F)cc1)c1ccc(O)cc1O. The van der Waals surface area contributed by atoms with Gasteiger partial charge in [0.05, 0.1) is 0 Å². The maximum Gasteiger partial charge on any atom is 0.128 e. The lowest BCUT2D eigenvalue weighted by molar-refractivity contribution is 0.319. The molecule has 5 heteroatoms. The van der Waals surface area contributed by atoms with E-state index >= 15 is 0 Å². The molecule has 3 N–H and O–H groups in total. The quantitative estimate of drug-likeness (QED) is 0.433. The second kappa shape index (κ2) is 4.75. The van der Waals surface area contributed by atoms with E-state index in [2.05, 4.69) is 5.16 Å². The van der Waals surface area contributed by atoms with Crippen LogP contribution in [-0.2, 0) is 0 Å². The summed E-state index contributed by atoms with van der Waals surface area (Å²) in [6.45, 7) is 0. The van der Waals surface area contributed by atoms with E-state index in [9.17, 15) is 14.6 Å². The Morgan fingerprint density at radius 3 is 2.22 bits per heavy atom. The van der Waals surface area contributed by atoms with Crippen LogP contribution in [-0.4, -0.2) is 21.1 Å². The molecule has 0 atom stereocenters. The molecule has 4 nitrogen and oxygen atoms in total. The number of nitrogens with zero attached hydrogens (tertiary/aromatic N) is 1. The lowest BCUT2D eigenvalue weighted by atomic mass is 10.0. The molecule has 0 saturated carbocycles. The van der Waals surface area contributed by atoms with Crippen molar-refractivity contribution in [3.05, 3.63) is 59.4 Å². The van der Waals surface area contributed by atoms with E-state index in [1.807, 2.05) is 0 Å². The molecule has 0 amide bonds. The van der Waals surface area contributed by atoms with Gasteiger partial charge in [-0.1, -0.05) is 5.16 Å². The van der Waals surface area contributed by atoms with Gasteiger partial charge in [0.2, 0.25) is 0 Å². The normalized spacial score (nSPS) is 11.5. The molecule has 0 saturated heterocycles. The molecule has 0 aliphatic carbocycles. The monoisotopic (exact) mass is 247 g/mol. The fourth-order valence-corrected chi connectivity index (χ4v) is 1.60. The summed E-state index contributed by atoms with van der Waals surface area (Å²) in [5.74, 6) is -0.745. The minimum Gasteiger partial charge on any atom is -0.508 e. The van der Waals surface area contributed by atoms with Crippen LogP contribution in [0.15, 0.2) is 47.6 Å². The highest BCUT2D eigenvalue weighted by molar-refractivity contribution is 6.14. The smallest absolute Gasteiger partial charge is 0.128 e. The van der Waals surface area contributed by atoms with Crippen molar-refractivity contribution in [3.63, 3.8) is 0 Å². The Morgan fingerprint density at radius 1 is 1.00 bits per heavy atom. The summed E-state index contributed by atoms with van der Waals surface area (Å²) in [5, 5.41) is 31.0. The molecule has 2 aromatic carbocycles. The number of aromatic hydroxyl groups is 2. The summed E-state index contributed by atoms with van der Waals surface area (Å²) < 4.78 is 12.8. The summed E-state index contributed by atoms with van der Waals surface area (Å²) in [6.07, 6.45) is 0. The molecule has 0 aliphatic rings. The molecule has 92 valence electrons. The molecule has 2 rings (SSSR count). The number of phenols is 2. The average Bonchev–Trinajstić information content (AvgIpc) is 2.35. The zero-order valence-electron chi connectivity index (χ0n) is 9.21. The lowest BCUT2D eigenvalue weighted by Crippen LogP contribution is -2.03. The Hall–Kier alpha value is -2.56. The largest absolute Gasteiger partial charge is 0.508 e. The zero-order chi connectivity index (χ0) is 13.1. The van der Waals surface area contributed by atoms with Crippen LogP contribution in [0.3, 0.4) is 0 Å². The molecule has 18 heavy (non-hydrogen) atoms. The predicted octanol–water partition coefficient (Wildman–Crippen LogP) is 2.46. The van der Waals surface area contributed by atoms with Crippen LogP contribution in [0.5, 0.6) is 11.5 Å². The molecule has 0 aliphatic heterocycles. The number of phenolic OH excluding ortho intramolecular Hbond substituents is 2. The van der Waals surface area contributed by atoms with Gasteiger partial charge in [-0.25, -0.2) is 4.39 Å². The van der Waals surface area contributed by atoms with E-state index in [0.29, 0.717) is 5.56 Å². The maximum absolute atomic E-state index is 12.8. The molecule has 0 unspecified atom stereocenters. The number of hydrogen-bond acceptors (Lipinski definition) is 4.